The molecule has 7 nitrogen and oxygen atoms in total. The van der Waals surface area contributed by atoms with Gasteiger partial charge in [0.15, 0.2) is 6.61 Å². The van der Waals surface area contributed by atoms with Crippen molar-refractivity contribution in [3.63, 3.8) is 0 Å². The standard InChI is InChI=1S/C33H32N2O5S/c1-2-3-21-39-33(38)25-17-19-26(20-18-25)35-32(37)31(24-11-6-4-7-12-24)41-29-16-10-13-27(22-29)34-30(36)23-40-28-14-8-5-9-15-28/h4-20,22,31H,2-3,21,23H2,1H3,(H,34,36)(H,35,37). The zero-order valence-corrected chi connectivity index (χ0v) is 23.6. The fourth-order valence-corrected chi connectivity index (χ4v) is 4.92. The molecule has 0 aliphatic heterocycles. The number of anilines is 2. The summed E-state index contributed by atoms with van der Waals surface area (Å²) in [6.07, 6.45) is 1.76. The molecular formula is C33H32N2O5S. The Balaban J connectivity index is 1.41. The van der Waals surface area contributed by atoms with E-state index < -0.39 is 5.25 Å². The van der Waals surface area contributed by atoms with Gasteiger partial charge in [0.2, 0.25) is 5.91 Å². The average Bonchev–Trinajstić information content (AvgIpc) is 3.00. The molecule has 1 atom stereocenters. The minimum absolute atomic E-state index is 0.119. The Bertz CT molecular complexity index is 1430. The van der Waals surface area contributed by atoms with Crippen LogP contribution in [0.1, 0.15) is 40.9 Å². The number of hydrogen-bond acceptors (Lipinski definition) is 6. The van der Waals surface area contributed by atoms with Gasteiger partial charge in [0.05, 0.1) is 12.2 Å². The molecule has 8 heteroatoms. The molecule has 210 valence electrons. The Labute approximate surface area is 244 Å². The first-order chi connectivity index (χ1) is 20.0. The molecule has 0 aliphatic carbocycles. The Morgan fingerprint density at radius 1 is 0.780 bits per heavy atom. The van der Waals surface area contributed by atoms with E-state index in [0.717, 1.165) is 23.3 Å². The van der Waals surface area contributed by atoms with E-state index in [-0.39, 0.29) is 24.4 Å². The number of carbonyl (C=O) groups excluding carboxylic acids is 3. The van der Waals surface area contributed by atoms with Crippen LogP contribution >= 0.6 is 11.8 Å². The molecule has 4 rings (SSSR count). The van der Waals surface area contributed by atoms with Crippen LogP contribution in [0, 0.1) is 0 Å². The quantitative estimate of drug-likeness (QED) is 0.101. The normalized spacial score (nSPS) is 11.2. The summed E-state index contributed by atoms with van der Waals surface area (Å²) in [6.45, 7) is 2.30. The molecule has 0 aliphatic rings. The van der Waals surface area contributed by atoms with Crippen molar-refractivity contribution >= 4 is 40.9 Å². The number of unbranched alkanes of at least 4 members (excludes halogenated alkanes) is 1. The van der Waals surface area contributed by atoms with Gasteiger partial charge in [-0.15, -0.1) is 11.8 Å². The molecule has 2 N–H and O–H groups in total. The van der Waals surface area contributed by atoms with Crippen LogP contribution in [0.4, 0.5) is 11.4 Å². The summed E-state index contributed by atoms with van der Waals surface area (Å²) < 4.78 is 10.8. The van der Waals surface area contributed by atoms with Gasteiger partial charge in [-0.1, -0.05) is 67.9 Å². The average molecular weight is 569 g/mol. The highest BCUT2D eigenvalue weighted by Gasteiger charge is 2.23. The summed E-state index contributed by atoms with van der Waals surface area (Å²) in [4.78, 5) is 38.9. The third kappa shape index (κ3) is 9.25. The van der Waals surface area contributed by atoms with E-state index >= 15 is 0 Å². The highest BCUT2D eigenvalue weighted by Crippen LogP contribution is 2.37. The van der Waals surface area contributed by atoms with Crippen LogP contribution in [0.5, 0.6) is 5.75 Å². The van der Waals surface area contributed by atoms with E-state index in [2.05, 4.69) is 10.6 Å². The highest BCUT2D eigenvalue weighted by atomic mass is 32.2. The van der Waals surface area contributed by atoms with Gasteiger partial charge in [0.1, 0.15) is 11.0 Å². The van der Waals surface area contributed by atoms with E-state index in [1.54, 1.807) is 42.5 Å². The maximum Gasteiger partial charge on any atom is 0.338 e. The second kappa shape index (κ2) is 15.3. The van der Waals surface area contributed by atoms with Gasteiger partial charge in [-0.3, -0.25) is 9.59 Å². The van der Waals surface area contributed by atoms with E-state index in [0.29, 0.717) is 29.3 Å². The monoisotopic (exact) mass is 568 g/mol. The topological polar surface area (TPSA) is 93.7 Å². The van der Waals surface area contributed by atoms with Crippen molar-refractivity contribution in [3.8, 4) is 5.75 Å². The zero-order valence-electron chi connectivity index (χ0n) is 22.7. The first kappa shape index (κ1) is 29.4. The zero-order chi connectivity index (χ0) is 28.9. The minimum atomic E-state index is -0.567. The Morgan fingerprint density at radius 2 is 1.49 bits per heavy atom. The number of nitrogens with one attached hydrogen (secondary N) is 2. The Kier molecular flexibility index (Phi) is 11.0. The molecule has 1 unspecified atom stereocenters. The van der Waals surface area contributed by atoms with Gasteiger partial charge in [0, 0.05) is 16.3 Å². The summed E-state index contributed by atoms with van der Waals surface area (Å²) in [5.41, 5.74) is 2.43. The molecule has 0 aromatic heterocycles. The van der Waals surface area contributed by atoms with Gasteiger partial charge < -0.3 is 20.1 Å². The van der Waals surface area contributed by atoms with Crippen molar-refractivity contribution in [2.45, 2.75) is 29.9 Å². The molecule has 0 heterocycles. The van der Waals surface area contributed by atoms with Crippen LogP contribution in [0.3, 0.4) is 0 Å². The molecule has 41 heavy (non-hydrogen) atoms. The highest BCUT2D eigenvalue weighted by molar-refractivity contribution is 8.00. The minimum Gasteiger partial charge on any atom is -0.484 e. The lowest BCUT2D eigenvalue weighted by molar-refractivity contribution is -0.118. The van der Waals surface area contributed by atoms with Crippen molar-refractivity contribution in [2.24, 2.45) is 0 Å². The van der Waals surface area contributed by atoms with Crippen molar-refractivity contribution in [1.82, 2.24) is 0 Å². The SMILES string of the molecule is CCCCOC(=O)c1ccc(NC(=O)C(Sc2cccc(NC(=O)COc3ccccc3)c2)c2ccccc2)cc1. The van der Waals surface area contributed by atoms with Crippen LogP contribution in [-0.2, 0) is 14.3 Å². The van der Waals surface area contributed by atoms with Crippen molar-refractivity contribution in [2.75, 3.05) is 23.8 Å². The smallest absolute Gasteiger partial charge is 0.338 e. The molecule has 0 fully saturated rings. The molecule has 0 spiro atoms. The first-order valence-corrected chi connectivity index (χ1v) is 14.3. The second-order valence-corrected chi connectivity index (χ2v) is 10.3. The third-order valence-electron chi connectivity index (χ3n) is 5.94. The van der Waals surface area contributed by atoms with E-state index in [9.17, 15) is 14.4 Å². The molecular weight excluding hydrogens is 536 g/mol. The van der Waals surface area contributed by atoms with Crippen LogP contribution in [-0.4, -0.2) is 31.0 Å². The lowest BCUT2D eigenvalue weighted by Crippen LogP contribution is -2.20. The lowest BCUT2D eigenvalue weighted by atomic mass is 10.1. The molecule has 0 saturated heterocycles. The van der Waals surface area contributed by atoms with Gasteiger partial charge >= 0.3 is 5.97 Å². The lowest BCUT2D eigenvalue weighted by Gasteiger charge is -2.18. The fourth-order valence-electron chi connectivity index (χ4n) is 3.84. The largest absolute Gasteiger partial charge is 0.484 e. The van der Waals surface area contributed by atoms with Crippen molar-refractivity contribution in [3.05, 3.63) is 120 Å². The second-order valence-electron chi connectivity index (χ2n) is 9.14. The number of carbonyl (C=O) groups is 3. The molecule has 4 aromatic rings. The van der Waals surface area contributed by atoms with E-state index in [1.165, 1.54) is 11.8 Å². The van der Waals surface area contributed by atoms with Crippen LogP contribution in [0.15, 0.2) is 114 Å². The van der Waals surface area contributed by atoms with Gasteiger partial charge in [-0.25, -0.2) is 4.79 Å². The maximum absolute atomic E-state index is 13.5. The molecule has 0 bridgehead atoms. The van der Waals surface area contributed by atoms with Crippen LogP contribution in [0.25, 0.3) is 0 Å². The van der Waals surface area contributed by atoms with Gasteiger partial charge in [0.25, 0.3) is 5.91 Å². The molecule has 4 aromatic carbocycles. The van der Waals surface area contributed by atoms with Gasteiger partial charge in [-0.2, -0.15) is 0 Å². The summed E-state index contributed by atoms with van der Waals surface area (Å²) in [5.74, 6) is -0.269. The molecule has 2 amide bonds. The number of amides is 2. The van der Waals surface area contributed by atoms with Crippen LogP contribution < -0.4 is 15.4 Å². The predicted molar refractivity (Wildman–Crippen MR) is 162 cm³/mol. The van der Waals surface area contributed by atoms with Crippen molar-refractivity contribution in [1.29, 1.82) is 0 Å². The number of rotatable bonds is 13. The number of esters is 1. The Morgan fingerprint density at radius 3 is 2.20 bits per heavy atom. The number of para-hydroxylation sites is 1. The third-order valence-corrected chi connectivity index (χ3v) is 7.19. The number of hydrogen-bond donors (Lipinski definition) is 2. The maximum atomic E-state index is 13.5. The van der Waals surface area contributed by atoms with Gasteiger partial charge in [-0.05, 0) is 66.6 Å². The first-order valence-electron chi connectivity index (χ1n) is 13.4. The molecule has 0 radical (unpaired) electrons. The van der Waals surface area contributed by atoms with E-state index in [1.807, 2.05) is 73.7 Å². The summed E-state index contributed by atoms with van der Waals surface area (Å²) >= 11 is 1.37. The number of thioether (sulfide) groups is 1. The number of benzene rings is 4. The predicted octanol–water partition coefficient (Wildman–Crippen LogP) is 7.13. The fraction of sp³-hybridized carbons (Fsp3) is 0.182. The van der Waals surface area contributed by atoms with Crippen molar-refractivity contribution < 1.29 is 23.9 Å². The Hall–Kier alpha value is -4.56. The number of ether oxygens (including phenoxy) is 2. The molecule has 0 saturated carbocycles. The summed E-state index contributed by atoms with van der Waals surface area (Å²) in [7, 11) is 0. The summed E-state index contributed by atoms with van der Waals surface area (Å²) in [5, 5.41) is 5.24. The van der Waals surface area contributed by atoms with Crippen LogP contribution in [0.2, 0.25) is 0 Å². The van der Waals surface area contributed by atoms with E-state index in [4.69, 9.17) is 9.47 Å². The summed E-state index contributed by atoms with van der Waals surface area (Å²) in [6, 6.07) is 32.6.